The second-order valence-corrected chi connectivity index (χ2v) is 3.95. The summed E-state index contributed by atoms with van der Waals surface area (Å²) < 4.78 is 13.6. The van der Waals surface area contributed by atoms with Gasteiger partial charge in [0, 0.05) is 12.0 Å². The molecule has 0 saturated heterocycles. The Labute approximate surface area is 89.9 Å². The van der Waals surface area contributed by atoms with Gasteiger partial charge < -0.3 is 4.84 Å². The number of benzene rings is 1. The van der Waals surface area contributed by atoms with Gasteiger partial charge in [-0.15, -0.1) is 0 Å². The molecule has 14 heavy (non-hydrogen) atoms. The molecule has 1 radical (unpaired) electrons. The van der Waals surface area contributed by atoms with Gasteiger partial charge in [0.05, 0.1) is 10.2 Å². The van der Waals surface area contributed by atoms with E-state index in [0.717, 1.165) is 11.3 Å². The first kappa shape index (κ1) is 9.65. The molecular formula is C10H8BrFNO. The molecule has 0 aliphatic carbocycles. The van der Waals surface area contributed by atoms with Gasteiger partial charge in [-0.2, -0.15) is 0 Å². The van der Waals surface area contributed by atoms with E-state index >= 15 is 0 Å². The highest BCUT2D eigenvalue weighted by molar-refractivity contribution is 9.10. The van der Waals surface area contributed by atoms with Gasteiger partial charge in [-0.05, 0) is 35.0 Å². The second-order valence-electron chi connectivity index (χ2n) is 3.10. The summed E-state index contributed by atoms with van der Waals surface area (Å²) in [4.78, 5) is 4.93. The number of hydrogen-bond donors (Lipinski definition) is 0. The van der Waals surface area contributed by atoms with E-state index in [0.29, 0.717) is 10.9 Å². The third kappa shape index (κ3) is 1.80. The Morgan fingerprint density at radius 2 is 2.36 bits per heavy atom. The van der Waals surface area contributed by atoms with Crippen LogP contribution in [0.5, 0.6) is 0 Å². The predicted octanol–water partition coefficient (Wildman–Crippen LogP) is 2.92. The molecule has 1 aromatic rings. The quantitative estimate of drug-likeness (QED) is 0.758. The van der Waals surface area contributed by atoms with Crippen LogP contribution in [0.1, 0.15) is 12.0 Å². The molecule has 1 heterocycles. The topological polar surface area (TPSA) is 21.6 Å². The van der Waals surface area contributed by atoms with Gasteiger partial charge in [0.2, 0.25) is 0 Å². The molecule has 2 rings (SSSR count). The van der Waals surface area contributed by atoms with Crippen LogP contribution < -0.4 is 0 Å². The molecule has 1 aliphatic rings. The molecule has 1 atom stereocenters. The zero-order valence-corrected chi connectivity index (χ0v) is 8.92. The van der Waals surface area contributed by atoms with Gasteiger partial charge in [0.25, 0.3) is 0 Å². The van der Waals surface area contributed by atoms with Crippen molar-refractivity contribution in [1.82, 2.24) is 0 Å². The van der Waals surface area contributed by atoms with Gasteiger partial charge in [-0.1, -0.05) is 11.2 Å². The maximum Gasteiger partial charge on any atom is 0.138 e. The summed E-state index contributed by atoms with van der Waals surface area (Å²) in [5.41, 5.74) is 1.49. The first-order chi connectivity index (χ1) is 6.66. The zero-order valence-electron chi connectivity index (χ0n) is 7.34. The predicted molar refractivity (Wildman–Crippen MR) is 55.5 cm³/mol. The lowest BCUT2D eigenvalue weighted by atomic mass is 10.1. The summed E-state index contributed by atoms with van der Waals surface area (Å²) in [6, 6.07) is 4.89. The largest absolute Gasteiger partial charge is 0.392 e. The fourth-order valence-corrected chi connectivity index (χ4v) is 1.52. The standard InChI is InChI=1S/C10H8BrFNO/c1-6-4-10(13-14-6)7-2-3-8(11)9(12)5-7/h2-3,5-6H,1,4H2. The van der Waals surface area contributed by atoms with Gasteiger partial charge >= 0.3 is 0 Å². The monoisotopic (exact) mass is 256 g/mol. The fourth-order valence-electron chi connectivity index (χ4n) is 1.27. The van der Waals surface area contributed by atoms with E-state index in [-0.39, 0.29) is 11.9 Å². The fraction of sp³-hybridized carbons (Fsp3) is 0.200. The SMILES string of the molecule is [CH2]C1CC(c2ccc(Br)c(F)c2)=NO1. The van der Waals surface area contributed by atoms with Crippen molar-refractivity contribution in [3.63, 3.8) is 0 Å². The van der Waals surface area contributed by atoms with E-state index in [1.807, 2.05) is 0 Å². The third-order valence-electron chi connectivity index (χ3n) is 1.99. The van der Waals surface area contributed by atoms with Crippen LogP contribution >= 0.6 is 15.9 Å². The number of nitrogens with zero attached hydrogens (tertiary/aromatic N) is 1. The van der Waals surface area contributed by atoms with Crippen LogP contribution in [0.15, 0.2) is 27.8 Å². The molecule has 1 aromatic carbocycles. The summed E-state index contributed by atoms with van der Waals surface area (Å²) in [7, 11) is 0. The van der Waals surface area contributed by atoms with Crippen LogP contribution in [-0.4, -0.2) is 11.8 Å². The van der Waals surface area contributed by atoms with Gasteiger partial charge in [-0.25, -0.2) is 4.39 Å². The Morgan fingerprint density at radius 1 is 1.57 bits per heavy atom. The molecule has 2 nitrogen and oxygen atoms in total. The Bertz CT molecular complexity index is 392. The number of halogens is 2. The van der Waals surface area contributed by atoms with Crippen LogP contribution in [0.2, 0.25) is 0 Å². The Morgan fingerprint density at radius 3 is 2.93 bits per heavy atom. The summed E-state index contributed by atoms with van der Waals surface area (Å²) >= 11 is 3.09. The van der Waals surface area contributed by atoms with Crippen LogP contribution in [0.25, 0.3) is 0 Å². The van der Waals surface area contributed by atoms with Crippen molar-refractivity contribution in [1.29, 1.82) is 0 Å². The molecule has 0 bridgehead atoms. The third-order valence-corrected chi connectivity index (χ3v) is 2.63. The first-order valence-electron chi connectivity index (χ1n) is 4.18. The molecule has 0 saturated carbocycles. The van der Waals surface area contributed by atoms with Crippen molar-refractivity contribution < 1.29 is 9.23 Å². The minimum absolute atomic E-state index is 0.156. The van der Waals surface area contributed by atoms with Crippen LogP contribution in [0.4, 0.5) is 4.39 Å². The van der Waals surface area contributed by atoms with Crippen molar-refractivity contribution >= 4 is 21.6 Å². The summed E-state index contributed by atoms with van der Waals surface area (Å²) in [6.07, 6.45) is 0.470. The highest BCUT2D eigenvalue weighted by atomic mass is 79.9. The molecule has 0 amide bonds. The zero-order chi connectivity index (χ0) is 10.1. The summed E-state index contributed by atoms with van der Waals surface area (Å²) in [5.74, 6) is -0.294. The lowest BCUT2D eigenvalue weighted by Gasteiger charge is -2.00. The van der Waals surface area contributed by atoms with E-state index in [1.165, 1.54) is 6.07 Å². The van der Waals surface area contributed by atoms with Crippen LogP contribution in [-0.2, 0) is 4.84 Å². The second kappa shape index (κ2) is 3.69. The molecule has 0 aromatic heterocycles. The minimum atomic E-state index is -0.294. The van der Waals surface area contributed by atoms with Crippen LogP contribution in [0.3, 0.4) is 0 Å². The molecule has 0 fully saturated rings. The summed E-state index contributed by atoms with van der Waals surface area (Å²) in [6.45, 7) is 3.71. The van der Waals surface area contributed by atoms with Crippen molar-refractivity contribution in [3.8, 4) is 0 Å². The Balaban J connectivity index is 2.30. The van der Waals surface area contributed by atoms with E-state index < -0.39 is 0 Å². The van der Waals surface area contributed by atoms with Gasteiger partial charge in [0.1, 0.15) is 11.9 Å². The van der Waals surface area contributed by atoms with Crippen molar-refractivity contribution in [2.75, 3.05) is 0 Å². The maximum atomic E-state index is 13.2. The van der Waals surface area contributed by atoms with E-state index in [4.69, 9.17) is 4.84 Å². The van der Waals surface area contributed by atoms with Crippen molar-refractivity contribution in [2.24, 2.45) is 5.16 Å². The Kier molecular flexibility index (Phi) is 2.54. The minimum Gasteiger partial charge on any atom is -0.392 e. The number of rotatable bonds is 1. The van der Waals surface area contributed by atoms with Crippen molar-refractivity contribution in [3.05, 3.63) is 41.0 Å². The molecule has 0 spiro atoms. The number of hydrogen-bond acceptors (Lipinski definition) is 2. The smallest absolute Gasteiger partial charge is 0.138 e. The lowest BCUT2D eigenvalue weighted by Crippen LogP contribution is -2.03. The molecule has 1 unspecified atom stereocenters. The molecule has 73 valence electrons. The highest BCUT2D eigenvalue weighted by Gasteiger charge is 2.18. The maximum absolute atomic E-state index is 13.2. The van der Waals surface area contributed by atoms with Crippen LogP contribution in [0, 0.1) is 12.7 Å². The molecule has 4 heteroatoms. The normalized spacial score (nSPS) is 20.5. The van der Waals surface area contributed by atoms with E-state index in [1.54, 1.807) is 12.1 Å². The van der Waals surface area contributed by atoms with E-state index in [9.17, 15) is 4.39 Å². The average molecular weight is 257 g/mol. The number of oxime groups is 1. The highest BCUT2D eigenvalue weighted by Crippen LogP contribution is 2.20. The Hall–Kier alpha value is -0.900. The molecule has 1 aliphatic heterocycles. The molecular weight excluding hydrogens is 249 g/mol. The first-order valence-corrected chi connectivity index (χ1v) is 4.97. The van der Waals surface area contributed by atoms with Crippen molar-refractivity contribution in [2.45, 2.75) is 12.5 Å². The molecule has 0 N–H and O–H groups in total. The lowest BCUT2D eigenvalue weighted by molar-refractivity contribution is 0.118. The summed E-state index contributed by atoms with van der Waals surface area (Å²) in [5, 5.41) is 3.83. The van der Waals surface area contributed by atoms with Gasteiger partial charge in [-0.3, -0.25) is 0 Å². The van der Waals surface area contributed by atoms with Gasteiger partial charge in [0.15, 0.2) is 0 Å². The van der Waals surface area contributed by atoms with E-state index in [2.05, 4.69) is 28.0 Å². The average Bonchev–Trinajstić information content (AvgIpc) is 2.57.